The van der Waals surface area contributed by atoms with Gasteiger partial charge in [0.25, 0.3) is 5.91 Å². The van der Waals surface area contributed by atoms with E-state index in [1.165, 1.54) is 12.1 Å². The molecule has 3 rings (SSSR count). The van der Waals surface area contributed by atoms with Crippen molar-refractivity contribution in [1.29, 1.82) is 0 Å². The summed E-state index contributed by atoms with van der Waals surface area (Å²) < 4.78 is 35.7. The average molecular weight is 377 g/mol. The predicted molar refractivity (Wildman–Crippen MR) is 97.5 cm³/mol. The van der Waals surface area contributed by atoms with E-state index in [0.29, 0.717) is 6.54 Å². The highest BCUT2D eigenvalue weighted by molar-refractivity contribution is 7.89. The quantitative estimate of drug-likeness (QED) is 0.802. The predicted octanol–water partition coefficient (Wildman–Crippen LogP) is 2.61. The van der Waals surface area contributed by atoms with Crippen molar-refractivity contribution in [1.82, 2.24) is 5.32 Å². The first-order valence-corrected chi connectivity index (χ1v) is 10.5. The number of amides is 1. The second-order valence-corrected chi connectivity index (χ2v) is 8.63. The van der Waals surface area contributed by atoms with E-state index in [4.69, 9.17) is 9.15 Å². The maximum Gasteiger partial charge on any atom is 0.287 e. The molecule has 2 heterocycles. The number of carbonyl (C=O) groups excluding carboxylic acids is 1. The SMILES string of the molecule is Cc1ccccc1CS(=O)(=O)Cc1ccc(C(=O)NC[C@H]2CCCO2)o1. The van der Waals surface area contributed by atoms with Gasteiger partial charge in [0, 0.05) is 13.2 Å². The van der Waals surface area contributed by atoms with Crippen molar-refractivity contribution >= 4 is 15.7 Å². The molecule has 2 aromatic rings. The third-order valence-electron chi connectivity index (χ3n) is 4.40. The van der Waals surface area contributed by atoms with Crippen LogP contribution in [0.4, 0.5) is 0 Å². The molecule has 1 aromatic carbocycles. The number of ether oxygens (including phenoxy) is 1. The summed E-state index contributed by atoms with van der Waals surface area (Å²) in [5, 5.41) is 2.76. The van der Waals surface area contributed by atoms with Gasteiger partial charge >= 0.3 is 0 Å². The molecule has 26 heavy (non-hydrogen) atoms. The number of nitrogens with one attached hydrogen (secondary N) is 1. The van der Waals surface area contributed by atoms with Gasteiger partial charge in [-0.3, -0.25) is 4.79 Å². The van der Waals surface area contributed by atoms with E-state index >= 15 is 0 Å². The Morgan fingerprint density at radius 3 is 2.73 bits per heavy atom. The lowest BCUT2D eigenvalue weighted by Crippen LogP contribution is -2.31. The molecule has 0 saturated carbocycles. The number of furan rings is 1. The Morgan fingerprint density at radius 2 is 2.00 bits per heavy atom. The largest absolute Gasteiger partial charge is 0.455 e. The Morgan fingerprint density at radius 1 is 1.19 bits per heavy atom. The highest BCUT2D eigenvalue weighted by Crippen LogP contribution is 2.17. The van der Waals surface area contributed by atoms with E-state index in [9.17, 15) is 13.2 Å². The minimum Gasteiger partial charge on any atom is -0.455 e. The topological polar surface area (TPSA) is 85.6 Å². The highest BCUT2D eigenvalue weighted by Gasteiger charge is 2.20. The van der Waals surface area contributed by atoms with Crippen LogP contribution in [0.25, 0.3) is 0 Å². The van der Waals surface area contributed by atoms with E-state index in [-0.39, 0.29) is 35.0 Å². The van der Waals surface area contributed by atoms with Crippen LogP contribution in [0.5, 0.6) is 0 Å². The van der Waals surface area contributed by atoms with Crippen LogP contribution >= 0.6 is 0 Å². The van der Waals surface area contributed by atoms with Gasteiger partial charge in [0.2, 0.25) is 0 Å². The molecule has 1 fully saturated rings. The first-order chi connectivity index (χ1) is 12.4. The summed E-state index contributed by atoms with van der Waals surface area (Å²) in [6, 6.07) is 10.4. The second-order valence-electron chi connectivity index (χ2n) is 6.57. The van der Waals surface area contributed by atoms with Crippen LogP contribution in [0.3, 0.4) is 0 Å². The number of rotatable bonds is 7. The molecule has 6 nitrogen and oxygen atoms in total. The Hall–Kier alpha value is -2.12. The maximum atomic E-state index is 12.4. The molecule has 1 N–H and O–H groups in total. The number of carbonyl (C=O) groups is 1. The summed E-state index contributed by atoms with van der Waals surface area (Å²) in [5.41, 5.74) is 1.71. The third kappa shape index (κ3) is 4.95. The van der Waals surface area contributed by atoms with Crippen molar-refractivity contribution in [3.05, 3.63) is 59.0 Å². The van der Waals surface area contributed by atoms with Crippen molar-refractivity contribution < 1.29 is 22.4 Å². The molecular formula is C19H23NO5S. The Labute approximate surface area is 153 Å². The summed E-state index contributed by atoms with van der Waals surface area (Å²) in [7, 11) is -3.39. The molecule has 7 heteroatoms. The molecular weight excluding hydrogens is 354 g/mol. The van der Waals surface area contributed by atoms with Crippen LogP contribution in [0.2, 0.25) is 0 Å². The van der Waals surface area contributed by atoms with Crippen molar-refractivity contribution in [2.75, 3.05) is 13.2 Å². The summed E-state index contributed by atoms with van der Waals surface area (Å²) >= 11 is 0. The van der Waals surface area contributed by atoms with Gasteiger partial charge in [-0.2, -0.15) is 0 Å². The smallest absolute Gasteiger partial charge is 0.287 e. The monoisotopic (exact) mass is 377 g/mol. The van der Waals surface area contributed by atoms with E-state index in [1.807, 2.05) is 25.1 Å². The molecule has 0 spiro atoms. The molecule has 1 aliphatic heterocycles. The standard InChI is InChI=1S/C19H23NO5S/c1-14-5-2-3-6-15(14)12-26(22,23)13-17-8-9-18(25-17)19(21)20-11-16-7-4-10-24-16/h2-3,5-6,8-9,16H,4,7,10-13H2,1H3,(H,20,21)/t16-/m1/s1. The van der Waals surface area contributed by atoms with Crippen molar-refractivity contribution in [2.24, 2.45) is 0 Å². The Bertz CT molecular complexity index is 866. The molecule has 1 saturated heterocycles. The molecule has 140 valence electrons. The molecule has 0 bridgehead atoms. The van der Waals surface area contributed by atoms with Gasteiger partial charge in [0.15, 0.2) is 15.6 Å². The number of hydrogen-bond acceptors (Lipinski definition) is 5. The van der Waals surface area contributed by atoms with Crippen molar-refractivity contribution in [2.45, 2.75) is 37.4 Å². The van der Waals surface area contributed by atoms with Crippen molar-refractivity contribution in [3.63, 3.8) is 0 Å². The van der Waals surface area contributed by atoms with E-state index < -0.39 is 9.84 Å². The Balaban J connectivity index is 1.58. The van der Waals surface area contributed by atoms with Crippen LogP contribution in [-0.4, -0.2) is 33.6 Å². The molecule has 1 atom stereocenters. The number of hydrogen-bond donors (Lipinski definition) is 1. The van der Waals surface area contributed by atoms with Gasteiger partial charge in [-0.1, -0.05) is 24.3 Å². The van der Waals surface area contributed by atoms with Crippen LogP contribution in [0.1, 0.15) is 40.3 Å². The molecule has 0 radical (unpaired) electrons. The van der Waals surface area contributed by atoms with Gasteiger partial charge in [-0.15, -0.1) is 0 Å². The normalized spacial score (nSPS) is 17.3. The molecule has 0 aliphatic carbocycles. The minimum atomic E-state index is -3.39. The first kappa shape index (κ1) is 18.7. The number of sulfone groups is 1. The van der Waals surface area contributed by atoms with Gasteiger partial charge in [0.05, 0.1) is 11.9 Å². The van der Waals surface area contributed by atoms with Gasteiger partial charge in [0.1, 0.15) is 11.5 Å². The van der Waals surface area contributed by atoms with Gasteiger partial charge in [-0.05, 0) is 43.0 Å². The van der Waals surface area contributed by atoms with E-state index in [0.717, 1.165) is 30.6 Å². The first-order valence-electron chi connectivity index (χ1n) is 8.66. The zero-order valence-corrected chi connectivity index (χ0v) is 15.6. The molecule has 1 aromatic heterocycles. The summed E-state index contributed by atoms with van der Waals surface area (Å²) in [6.45, 7) is 3.04. The minimum absolute atomic E-state index is 0.0443. The molecule has 1 amide bonds. The lowest BCUT2D eigenvalue weighted by molar-refractivity contribution is 0.0834. The highest BCUT2D eigenvalue weighted by atomic mass is 32.2. The third-order valence-corrected chi connectivity index (χ3v) is 5.87. The fourth-order valence-electron chi connectivity index (χ4n) is 2.95. The fraction of sp³-hybridized carbons (Fsp3) is 0.421. The van der Waals surface area contributed by atoms with E-state index in [1.54, 1.807) is 6.07 Å². The van der Waals surface area contributed by atoms with Crippen LogP contribution in [0, 0.1) is 6.92 Å². The number of benzene rings is 1. The molecule has 1 aliphatic rings. The summed E-state index contributed by atoms with van der Waals surface area (Å²) in [6.07, 6.45) is 1.98. The number of aryl methyl sites for hydroxylation is 1. The van der Waals surface area contributed by atoms with Gasteiger partial charge < -0.3 is 14.5 Å². The summed E-state index contributed by atoms with van der Waals surface area (Å²) in [5.74, 6) is -0.269. The van der Waals surface area contributed by atoms with E-state index in [2.05, 4.69) is 5.32 Å². The Kier molecular flexibility index (Phi) is 5.78. The van der Waals surface area contributed by atoms with Crippen LogP contribution < -0.4 is 5.32 Å². The zero-order valence-electron chi connectivity index (χ0n) is 14.7. The van der Waals surface area contributed by atoms with Crippen molar-refractivity contribution in [3.8, 4) is 0 Å². The average Bonchev–Trinajstić information content (AvgIpc) is 3.26. The second kappa shape index (κ2) is 8.05. The zero-order chi connectivity index (χ0) is 18.6. The fourth-order valence-corrected chi connectivity index (χ4v) is 4.44. The lowest BCUT2D eigenvalue weighted by Gasteiger charge is -2.09. The summed E-state index contributed by atoms with van der Waals surface area (Å²) in [4.78, 5) is 12.1. The molecule has 0 unspecified atom stereocenters. The van der Waals surface area contributed by atoms with Crippen LogP contribution in [0.15, 0.2) is 40.8 Å². The lowest BCUT2D eigenvalue weighted by atomic mass is 10.1. The van der Waals surface area contributed by atoms with Gasteiger partial charge in [-0.25, -0.2) is 8.42 Å². The van der Waals surface area contributed by atoms with Crippen LogP contribution in [-0.2, 0) is 26.1 Å². The maximum absolute atomic E-state index is 12.4.